The minimum absolute atomic E-state index is 0.221. The van der Waals surface area contributed by atoms with Crippen LogP contribution < -0.4 is 5.32 Å². The Morgan fingerprint density at radius 1 is 1.33 bits per heavy atom. The van der Waals surface area contributed by atoms with E-state index in [0.29, 0.717) is 0 Å². The second kappa shape index (κ2) is 4.19. The lowest BCUT2D eigenvalue weighted by atomic mass is 9.74. The van der Waals surface area contributed by atoms with Crippen LogP contribution in [-0.4, -0.2) is 24.9 Å². The van der Waals surface area contributed by atoms with E-state index in [0.717, 1.165) is 31.5 Å². The van der Waals surface area contributed by atoms with E-state index in [4.69, 9.17) is 0 Å². The van der Waals surface area contributed by atoms with Crippen molar-refractivity contribution in [3.63, 3.8) is 0 Å². The van der Waals surface area contributed by atoms with Crippen LogP contribution in [0.2, 0.25) is 0 Å². The van der Waals surface area contributed by atoms with E-state index < -0.39 is 0 Å². The van der Waals surface area contributed by atoms with Crippen LogP contribution in [0.5, 0.6) is 5.75 Å². The molecule has 0 unspecified atom stereocenters. The van der Waals surface area contributed by atoms with Gasteiger partial charge in [-0.2, -0.15) is 0 Å². The summed E-state index contributed by atoms with van der Waals surface area (Å²) in [6, 6.07) is 7.00. The number of benzene rings is 1. The second-order valence-corrected chi connectivity index (χ2v) is 4.21. The third-order valence-corrected chi connectivity index (χ3v) is 3.27. The van der Waals surface area contributed by atoms with Crippen molar-refractivity contribution in [2.24, 2.45) is 0 Å². The number of nitrogens with one attached hydrogen (secondary N) is 1. The van der Waals surface area contributed by atoms with Crippen LogP contribution in [0, 0.1) is 0 Å². The molecule has 0 aromatic heterocycles. The summed E-state index contributed by atoms with van der Waals surface area (Å²) in [5.41, 5.74) is 0.538. The molecule has 0 aliphatic carbocycles. The molecule has 1 aliphatic heterocycles. The summed E-state index contributed by atoms with van der Waals surface area (Å²) in [5.74, 6) is 0.221. The zero-order chi connectivity index (χ0) is 10.7. The van der Waals surface area contributed by atoms with Crippen LogP contribution in [0.25, 0.3) is 0 Å². The Labute approximate surface area is 89.1 Å². The molecule has 2 rings (SSSR count). The molecule has 15 heavy (non-hydrogen) atoms. The molecule has 1 aliphatic rings. The van der Waals surface area contributed by atoms with Crippen LogP contribution in [0.4, 0.5) is 4.39 Å². The van der Waals surface area contributed by atoms with Crippen molar-refractivity contribution in [1.29, 1.82) is 0 Å². The smallest absolute Gasteiger partial charge is 0.115 e. The fraction of sp³-hybridized carbons (Fsp3) is 0.500. The first kappa shape index (κ1) is 10.4. The number of halogens is 1. The van der Waals surface area contributed by atoms with Gasteiger partial charge in [0.2, 0.25) is 0 Å². The van der Waals surface area contributed by atoms with E-state index in [-0.39, 0.29) is 17.8 Å². The van der Waals surface area contributed by atoms with Crippen molar-refractivity contribution in [2.75, 3.05) is 19.8 Å². The van der Waals surface area contributed by atoms with Gasteiger partial charge < -0.3 is 10.4 Å². The summed E-state index contributed by atoms with van der Waals surface area (Å²) >= 11 is 0. The molecule has 0 spiro atoms. The molecular weight excluding hydrogens is 193 g/mol. The van der Waals surface area contributed by atoms with Crippen LogP contribution in [-0.2, 0) is 5.41 Å². The van der Waals surface area contributed by atoms with Crippen molar-refractivity contribution in [2.45, 2.75) is 18.3 Å². The number of alkyl halides is 1. The first-order chi connectivity index (χ1) is 7.27. The van der Waals surface area contributed by atoms with E-state index in [1.54, 1.807) is 18.2 Å². The van der Waals surface area contributed by atoms with Gasteiger partial charge in [-0.05, 0) is 43.6 Å². The normalized spacial score (nSPS) is 20.1. The van der Waals surface area contributed by atoms with Crippen LogP contribution in [0.3, 0.4) is 0 Å². The van der Waals surface area contributed by atoms with Crippen molar-refractivity contribution >= 4 is 0 Å². The van der Waals surface area contributed by atoms with E-state index >= 15 is 0 Å². The van der Waals surface area contributed by atoms with Crippen molar-refractivity contribution < 1.29 is 9.50 Å². The molecule has 0 amide bonds. The molecule has 1 fully saturated rings. The van der Waals surface area contributed by atoms with Gasteiger partial charge in [-0.3, -0.25) is 4.39 Å². The molecule has 1 heterocycles. The number of hydrogen-bond donors (Lipinski definition) is 2. The van der Waals surface area contributed by atoms with Crippen LogP contribution in [0.15, 0.2) is 24.3 Å². The highest BCUT2D eigenvalue weighted by atomic mass is 19.1. The van der Waals surface area contributed by atoms with Gasteiger partial charge in [0.25, 0.3) is 0 Å². The summed E-state index contributed by atoms with van der Waals surface area (Å²) in [4.78, 5) is 0. The Morgan fingerprint density at radius 2 is 2.07 bits per heavy atom. The average Bonchev–Trinajstić information content (AvgIpc) is 2.30. The molecule has 3 heteroatoms. The summed E-state index contributed by atoms with van der Waals surface area (Å²) in [6.45, 7) is 1.34. The Kier molecular flexibility index (Phi) is 2.91. The Hall–Kier alpha value is -1.09. The van der Waals surface area contributed by atoms with Gasteiger partial charge in [-0.15, -0.1) is 0 Å². The second-order valence-electron chi connectivity index (χ2n) is 4.21. The molecule has 0 saturated carbocycles. The van der Waals surface area contributed by atoms with Gasteiger partial charge in [0.1, 0.15) is 5.75 Å². The fourth-order valence-corrected chi connectivity index (χ4v) is 2.24. The molecule has 82 valence electrons. The quantitative estimate of drug-likeness (QED) is 0.780. The lowest BCUT2D eigenvalue weighted by Crippen LogP contribution is -2.41. The molecule has 1 aromatic carbocycles. The van der Waals surface area contributed by atoms with Gasteiger partial charge in [0.05, 0.1) is 6.67 Å². The predicted molar refractivity (Wildman–Crippen MR) is 57.9 cm³/mol. The highest BCUT2D eigenvalue weighted by molar-refractivity contribution is 5.33. The summed E-state index contributed by atoms with van der Waals surface area (Å²) in [5, 5.41) is 12.6. The highest BCUT2D eigenvalue weighted by Gasteiger charge is 2.34. The van der Waals surface area contributed by atoms with E-state index in [1.165, 1.54) is 0 Å². The molecular formula is C12H16FNO. The van der Waals surface area contributed by atoms with E-state index in [1.807, 2.05) is 6.07 Å². The molecule has 0 atom stereocenters. The monoisotopic (exact) mass is 209 g/mol. The average molecular weight is 209 g/mol. The van der Waals surface area contributed by atoms with Crippen molar-refractivity contribution in [1.82, 2.24) is 5.32 Å². The van der Waals surface area contributed by atoms with Gasteiger partial charge in [-0.1, -0.05) is 12.1 Å². The number of aromatic hydroxyl groups is 1. The zero-order valence-corrected chi connectivity index (χ0v) is 8.67. The standard InChI is InChI=1S/C12H16FNO/c13-9-12(4-6-14-7-5-12)10-2-1-3-11(15)8-10/h1-3,8,14-15H,4-7,9H2. The van der Waals surface area contributed by atoms with Gasteiger partial charge in [-0.25, -0.2) is 0 Å². The lowest BCUT2D eigenvalue weighted by molar-refractivity contribution is 0.236. The number of piperidine rings is 1. The van der Waals surface area contributed by atoms with Crippen LogP contribution in [0.1, 0.15) is 18.4 Å². The number of hydrogen-bond acceptors (Lipinski definition) is 2. The van der Waals surface area contributed by atoms with Gasteiger partial charge >= 0.3 is 0 Å². The molecule has 1 saturated heterocycles. The first-order valence-corrected chi connectivity index (χ1v) is 5.33. The molecule has 0 bridgehead atoms. The molecule has 0 radical (unpaired) electrons. The fourth-order valence-electron chi connectivity index (χ4n) is 2.24. The minimum Gasteiger partial charge on any atom is -0.508 e. The maximum Gasteiger partial charge on any atom is 0.115 e. The largest absolute Gasteiger partial charge is 0.508 e. The van der Waals surface area contributed by atoms with Gasteiger partial charge in [0.15, 0.2) is 0 Å². The summed E-state index contributed by atoms with van der Waals surface area (Å²) < 4.78 is 13.2. The van der Waals surface area contributed by atoms with Gasteiger partial charge in [0, 0.05) is 5.41 Å². The first-order valence-electron chi connectivity index (χ1n) is 5.33. The molecule has 2 nitrogen and oxygen atoms in total. The predicted octanol–water partition coefficient (Wildman–Crippen LogP) is 1.98. The maximum absolute atomic E-state index is 13.2. The van der Waals surface area contributed by atoms with Crippen molar-refractivity contribution in [3.05, 3.63) is 29.8 Å². The Balaban J connectivity index is 2.32. The highest BCUT2D eigenvalue weighted by Crippen LogP contribution is 2.35. The lowest BCUT2D eigenvalue weighted by Gasteiger charge is -2.35. The number of rotatable bonds is 2. The molecule has 1 aromatic rings. The summed E-state index contributed by atoms with van der Waals surface area (Å²) in [6.07, 6.45) is 1.60. The van der Waals surface area contributed by atoms with Crippen LogP contribution >= 0.6 is 0 Å². The molecule has 2 N–H and O–H groups in total. The SMILES string of the molecule is Oc1cccc(C2(CF)CCNCC2)c1. The van der Waals surface area contributed by atoms with E-state index in [2.05, 4.69) is 5.32 Å². The third-order valence-electron chi connectivity index (χ3n) is 3.27. The maximum atomic E-state index is 13.2. The van der Waals surface area contributed by atoms with Crippen molar-refractivity contribution in [3.8, 4) is 5.75 Å². The number of phenols is 1. The van der Waals surface area contributed by atoms with E-state index in [9.17, 15) is 9.50 Å². The zero-order valence-electron chi connectivity index (χ0n) is 8.67. The minimum atomic E-state index is -0.385. The number of phenolic OH excluding ortho intramolecular Hbond substituents is 1. The summed E-state index contributed by atoms with van der Waals surface area (Å²) in [7, 11) is 0. The third kappa shape index (κ3) is 1.97. The Bertz CT molecular complexity index is 334. The Morgan fingerprint density at radius 3 is 2.67 bits per heavy atom. The topological polar surface area (TPSA) is 32.3 Å².